The van der Waals surface area contributed by atoms with Crippen molar-refractivity contribution in [3.63, 3.8) is 0 Å². The smallest absolute Gasteiger partial charge is 0.338 e. The largest absolute Gasteiger partial charge is 0.489 e. The molecule has 1 N–H and O–H groups in total. The van der Waals surface area contributed by atoms with E-state index in [4.69, 9.17) is 14.0 Å². The van der Waals surface area contributed by atoms with Crippen molar-refractivity contribution < 1.29 is 23.6 Å². The summed E-state index contributed by atoms with van der Waals surface area (Å²) in [5.41, 5.74) is 2.05. The fraction of sp³-hybridized carbons (Fsp3) is 0.421. The highest BCUT2D eigenvalue weighted by Crippen LogP contribution is 2.18. The number of carbonyl (C=O) groups is 2. The molecule has 0 unspecified atom stereocenters. The molecule has 1 atom stereocenters. The predicted molar refractivity (Wildman–Crippen MR) is 94.9 cm³/mol. The van der Waals surface area contributed by atoms with Crippen LogP contribution in [0.4, 0.5) is 0 Å². The number of aryl methyl sites for hydroxylation is 2. The fourth-order valence-corrected chi connectivity index (χ4v) is 2.18. The van der Waals surface area contributed by atoms with Crippen molar-refractivity contribution in [2.45, 2.75) is 46.8 Å². The van der Waals surface area contributed by atoms with E-state index in [1.54, 1.807) is 24.3 Å². The third-order valence-corrected chi connectivity index (χ3v) is 4.01. The lowest BCUT2D eigenvalue weighted by Gasteiger charge is -2.11. The van der Waals surface area contributed by atoms with Gasteiger partial charge in [-0.2, -0.15) is 0 Å². The lowest BCUT2D eigenvalue weighted by atomic mass is 10.2. The molecule has 0 aliphatic carbocycles. The van der Waals surface area contributed by atoms with Crippen LogP contribution in [0.1, 0.15) is 47.6 Å². The van der Waals surface area contributed by atoms with Gasteiger partial charge >= 0.3 is 5.97 Å². The van der Waals surface area contributed by atoms with Crippen LogP contribution in [0.2, 0.25) is 0 Å². The minimum atomic E-state index is -0.554. The maximum absolute atomic E-state index is 12.0. The molecule has 0 saturated heterocycles. The number of benzene rings is 1. The van der Waals surface area contributed by atoms with Crippen molar-refractivity contribution in [1.82, 2.24) is 10.5 Å². The van der Waals surface area contributed by atoms with Gasteiger partial charge < -0.3 is 19.3 Å². The zero-order valence-corrected chi connectivity index (χ0v) is 15.5. The first-order valence-electron chi connectivity index (χ1n) is 8.51. The third kappa shape index (κ3) is 5.34. The van der Waals surface area contributed by atoms with E-state index in [0.717, 1.165) is 23.4 Å². The van der Waals surface area contributed by atoms with Crippen molar-refractivity contribution in [3.8, 4) is 5.75 Å². The maximum atomic E-state index is 12.0. The molecule has 7 heteroatoms. The Bertz CT molecular complexity index is 732. The zero-order chi connectivity index (χ0) is 19.1. The number of amides is 1. The number of esters is 1. The first-order chi connectivity index (χ1) is 12.4. The van der Waals surface area contributed by atoms with E-state index < -0.39 is 5.97 Å². The molecule has 2 rings (SSSR count). The number of aromatic nitrogens is 1. The average Bonchev–Trinajstić information content (AvgIpc) is 2.96. The molecule has 26 heavy (non-hydrogen) atoms. The van der Waals surface area contributed by atoms with Gasteiger partial charge in [-0.05, 0) is 51.5 Å². The van der Waals surface area contributed by atoms with Crippen LogP contribution in [0.5, 0.6) is 5.75 Å². The predicted octanol–water partition coefficient (Wildman–Crippen LogP) is 2.94. The molecular weight excluding hydrogens is 336 g/mol. The molecule has 1 aromatic heterocycles. The fourth-order valence-electron chi connectivity index (χ4n) is 2.18. The van der Waals surface area contributed by atoms with Crippen LogP contribution in [0.25, 0.3) is 0 Å². The second-order valence-electron chi connectivity index (χ2n) is 6.07. The minimum Gasteiger partial charge on any atom is -0.489 e. The van der Waals surface area contributed by atoms with E-state index in [2.05, 4.69) is 10.5 Å². The number of ether oxygens (including phenoxy) is 2. The average molecular weight is 360 g/mol. The molecule has 2 aromatic rings. The van der Waals surface area contributed by atoms with Crippen LogP contribution >= 0.6 is 0 Å². The Kier molecular flexibility index (Phi) is 6.77. The second-order valence-corrected chi connectivity index (χ2v) is 6.07. The SMILES string of the molecule is CC[C@H](C)NC(=O)COC(=O)c1ccc(OCc2c(C)noc2C)cc1. The van der Waals surface area contributed by atoms with Crippen LogP contribution in [0.3, 0.4) is 0 Å². The van der Waals surface area contributed by atoms with Gasteiger partial charge in [0.05, 0.1) is 16.8 Å². The molecule has 0 aliphatic rings. The van der Waals surface area contributed by atoms with E-state index in [9.17, 15) is 9.59 Å². The summed E-state index contributed by atoms with van der Waals surface area (Å²) in [4.78, 5) is 23.6. The summed E-state index contributed by atoms with van der Waals surface area (Å²) in [6.45, 7) is 7.57. The van der Waals surface area contributed by atoms with Gasteiger partial charge in [-0.25, -0.2) is 4.79 Å². The molecular formula is C19H24N2O5. The first-order valence-corrected chi connectivity index (χ1v) is 8.51. The van der Waals surface area contributed by atoms with Gasteiger partial charge in [0.25, 0.3) is 5.91 Å². The van der Waals surface area contributed by atoms with Crippen molar-refractivity contribution in [2.75, 3.05) is 6.61 Å². The van der Waals surface area contributed by atoms with Crippen molar-refractivity contribution in [1.29, 1.82) is 0 Å². The van der Waals surface area contributed by atoms with Crippen molar-refractivity contribution in [3.05, 3.63) is 46.8 Å². The molecule has 140 valence electrons. The van der Waals surface area contributed by atoms with Crippen LogP contribution in [-0.4, -0.2) is 29.7 Å². The maximum Gasteiger partial charge on any atom is 0.338 e. The standard InChI is InChI=1S/C19H24N2O5/c1-5-12(2)20-18(22)11-25-19(23)15-6-8-16(9-7-15)24-10-17-13(3)21-26-14(17)4/h6-9,12H,5,10-11H2,1-4H3,(H,20,22)/t12-/m0/s1. The number of nitrogens with zero attached hydrogens (tertiary/aromatic N) is 1. The lowest BCUT2D eigenvalue weighted by Crippen LogP contribution is -2.35. The number of rotatable bonds is 8. The van der Waals surface area contributed by atoms with Crippen LogP contribution < -0.4 is 10.1 Å². The summed E-state index contributed by atoms with van der Waals surface area (Å²) < 4.78 is 15.8. The molecule has 1 amide bonds. The monoisotopic (exact) mass is 360 g/mol. The van der Waals surface area contributed by atoms with Gasteiger partial charge in [0.15, 0.2) is 6.61 Å². The van der Waals surface area contributed by atoms with Gasteiger partial charge in [-0.15, -0.1) is 0 Å². The molecule has 1 heterocycles. The van der Waals surface area contributed by atoms with E-state index in [1.807, 2.05) is 27.7 Å². The molecule has 0 spiro atoms. The highest BCUT2D eigenvalue weighted by Gasteiger charge is 2.13. The topological polar surface area (TPSA) is 90.7 Å². The summed E-state index contributed by atoms with van der Waals surface area (Å²) in [7, 11) is 0. The molecule has 0 fully saturated rings. The Hall–Kier alpha value is -2.83. The highest BCUT2D eigenvalue weighted by molar-refractivity contribution is 5.91. The molecule has 0 saturated carbocycles. The van der Waals surface area contributed by atoms with Crippen molar-refractivity contribution in [2.24, 2.45) is 0 Å². The normalized spacial score (nSPS) is 11.7. The summed E-state index contributed by atoms with van der Waals surface area (Å²) in [5.74, 6) is 0.461. The van der Waals surface area contributed by atoms with E-state index >= 15 is 0 Å². The summed E-state index contributed by atoms with van der Waals surface area (Å²) in [6.07, 6.45) is 0.815. The zero-order valence-electron chi connectivity index (χ0n) is 15.5. The Morgan fingerprint density at radius 3 is 2.50 bits per heavy atom. The number of hydrogen-bond acceptors (Lipinski definition) is 6. The number of nitrogens with one attached hydrogen (secondary N) is 1. The van der Waals surface area contributed by atoms with Gasteiger partial charge in [0, 0.05) is 6.04 Å². The van der Waals surface area contributed by atoms with Gasteiger partial charge in [-0.1, -0.05) is 12.1 Å². The van der Waals surface area contributed by atoms with E-state index in [-0.39, 0.29) is 18.6 Å². The van der Waals surface area contributed by atoms with E-state index in [0.29, 0.717) is 17.9 Å². The van der Waals surface area contributed by atoms with Gasteiger partial charge in [0.1, 0.15) is 18.1 Å². The number of carbonyl (C=O) groups excluding carboxylic acids is 2. The summed E-state index contributed by atoms with van der Waals surface area (Å²) in [6, 6.07) is 6.59. The van der Waals surface area contributed by atoms with Gasteiger partial charge in [-0.3, -0.25) is 4.79 Å². The third-order valence-electron chi connectivity index (χ3n) is 4.01. The minimum absolute atomic E-state index is 0.0512. The molecule has 0 bridgehead atoms. The van der Waals surface area contributed by atoms with E-state index in [1.165, 1.54) is 0 Å². The molecule has 0 radical (unpaired) electrons. The van der Waals surface area contributed by atoms with Crippen LogP contribution in [0.15, 0.2) is 28.8 Å². The Balaban J connectivity index is 1.84. The molecule has 7 nitrogen and oxygen atoms in total. The first kappa shape index (κ1) is 19.5. The Labute approximate surface area is 152 Å². The summed E-state index contributed by atoms with van der Waals surface area (Å²) >= 11 is 0. The van der Waals surface area contributed by atoms with Crippen LogP contribution in [-0.2, 0) is 16.1 Å². The van der Waals surface area contributed by atoms with Crippen LogP contribution in [0, 0.1) is 13.8 Å². The quantitative estimate of drug-likeness (QED) is 0.728. The molecule has 1 aromatic carbocycles. The highest BCUT2D eigenvalue weighted by atomic mass is 16.5. The summed E-state index contributed by atoms with van der Waals surface area (Å²) in [5, 5.41) is 6.61. The Morgan fingerprint density at radius 1 is 1.23 bits per heavy atom. The molecule has 0 aliphatic heterocycles. The number of hydrogen-bond donors (Lipinski definition) is 1. The Morgan fingerprint density at radius 2 is 1.92 bits per heavy atom. The van der Waals surface area contributed by atoms with Crippen molar-refractivity contribution >= 4 is 11.9 Å². The lowest BCUT2D eigenvalue weighted by molar-refractivity contribution is -0.124. The van der Waals surface area contributed by atoms with Gasteiger partial charge in [0.2, 0.25) is 0 Å². The second kappa shape index (κ2) is 9.03.